The Balaban J connectivity index is 2.05. The zero-order chi connectivity index (χ0) is 21.6. The molecule has 2 heterocycles. The van der Waals surface area contributed by atoms with Crippen LogP contribution in [0.5, 0.6) is 0 Å². The molecule has 3 aromatic rings. The molecule has 0 bridgehead atoms. The van der Waals surface area contributed by atoms with E-state index in [1.54, 1.807) is 12.1 Å². The lowest BCUT2D eigenvalue weighted by Gasteiger charge is -2.16. The zero-order valence-corrected chi connectivity index (χ0v) is 15.5. The van der Waals surface area contributed by atoms with Crippen molar-refractivity contribution >= 4 is 34.3 Å². The molecule has 0 saturated carbocycles. The van der Waals surface area contributed by atoms with E-state index in [1.165, 1.54) is 16.7 Å². The molecule has 0 atom stereocenters. The Labute approximate surface area is 168 Å². The fourth-order valence-corrected chi connectivity index (χ4v) is 3.77. The molecule has 0 saturated heterocycles. The first-order chi connectivity index (χ1) is 14.3. The lowest BCUT2D eigenvalue weighted by molar-refractivity contribution is -0.135. The molecule has 30 heavy (non-hydrogen) atoms. The second kappa shape index (κ2) is 7.18. The number of rotatable bonds is 5. The normalized spacial score (nSPS) is 13.3. The van der Waals surface area contributed by atoms with Crippen LogP contribution >= 0.6 is 0 Å². The van der Waals surface area contributed by atoms with Crippen LogP contribution in [0.3, 0.4) is 0 Å². The minimum atomic E-state index is -1.16. The number of nitrogens with zero attached hydrogens (tertiary/aromatic N) is 2. The largest absolute Gasteiger partial charge is 0.481 e. The van der Waals surface area contributed by atoms with Crippen LogP contribution in [0.25, 0.3) is 10.9 Å². The number of benzene rings is 2. The number of Topliss-reactive ketones (excluding diaryl/α,β-unsaturated/α-hetero) is 1. The third kappa shape index (κ3) is 3.14. The molecule has 3 N–H and O–H groups in total. The summed E-state index contributed by atoms with van der Waals surface area (Å²) in [6, 6.07) is 7.74. The molecular formula is C21H15F2N3O4. The fourth-order valence-electron chi connectivity index (χ4n) is 3.77. The minimum absolute atomic E-state index is 0.0898. The summed E-state index contributed by atoms with van der Waals surface area (Å²) in [5.74, 6) is -3.86. The Morgan fingerprint density at radius 2 is 1.97 bits per heavy atom. The molecule has 4 rings (SSSR count). The van der Waals surface area contributed by atoms with Gasteiger partial charge in [-0.05, 0) is 18.2 Å². The number of carboxylic acids is 1. The van der Waals surface area contributed by atoms with Crippen LogP contribution < -0.4 is 5.73 Å². The summed E-state index contributed by atoms with van der Waals surface area (Å²) in [5, 5.41) is 9.55. The van der Waals surface area contributed by atoms with Crippen molar-refractivity contribution in [3.8, 4) is 0 Å². The van der Waals surface area contributed by atoms with E-state index in [9.17, 15) is 28.3 Å². The Morgan fingerprint density at radius 1 is 1.20 bits per heavy atom. The first-order valence-electron chi connectivity index (χ1n) is 8.95. The van der Waals surface area contributed by atoms with E-state index in [0.717, 1.165) is 12.1 Å². The highest BCUT2D eigenvalue weighted by Gasteiger charge is 2.32. The van der Waals surface area contributed by atoms with Gasteiger partial charge in [-0.15, -0.1) is 0 Å². The average molecular weight is 411 g/mol. The topological polar surface area (TPSA) is 115 Å². The molecule has 1 aliphatic rings. The second-order valence-electron chi connectivity index (χ2n) is 6.87. The van der Waals surface area contributed by atoms with Crippen molar-refractivity contribution < 1.29 is 28.3 Å². The number of carboxylic acid groups (broad SMARTS) is 1. The van der Waals surface area contributed by atoms with Gasteiger partial charge in [-0.2, -0.15) is 0 Å². The summed E-state index contributed by atoms with van der Waals surface area (Å²) in [7, 11) is 0. The van der Waals surface area contributed by atoms with Crippen molar-refractivity contribution in [2.75, 3.05) is 6.54 Å². The van der Waals surface area contributed by atoms with Gasteiger partial charge in [-0.25, -0.2) is 8.78 Å². The molecule has 1 amide bonds. The number of aliphatic carboxylic acids is 1. The van der Waals surface area contributed by atoms with Crippen molar-refractivity contribution in [2.24, 2.45) is 10.7 Å². The quantitative estimate of drug-likeness (QED) is 0.671. The Kier molecular flexibility index (Phi) is 4.65. The van der Waals surface area contributed by atoms with Crippen LogP contribution in [0.15, 0.2) is 41.4 Å². The summed E-state index contributed by atoms with van der Waals surface area (Å²) >= 11 is 0. The van der Waals surface area contributed by atoms with Gasteiger partial charge in [-0.1, -0.05) is 12.1 Å². The third-order valence-corrected chi connectivity index (χ3v) is 4.98. The van der Waals surface area contributed by atoms with Crippen molar-refractivity contribution in [3.05, 3.63) is 70.4 Å². The van der Waals surface area contributed by atoms with Gasteiger partial charge < -0.3 is 15.4 Å². The summed E-state index contributed by atoms with van der Waals surface area (Å²) in [6.45, 7) is -0.404. The number of fused-ring (bicyclic) bond motifs is 3. The smallest absolute Gasteiger partial charge is 0.309 e. The predicted molar refractivity (Wildman–Crippen MR) is 104 cm³/mol. The number of hydrogen-bond donors (Lipinski definition) is 2. The maximum Gasteiger partial charge on any atom is 0.309 e. The van der Waals surface area contributed by atoms with Gasteiger partial charge in [-0.3, -0.25) is 19.4 Å². The highest BCUT2D eigenvalue weighted by molar-refractivity contribution is 6.26. The molecule has 152 valence electrons. The minimum Gasteiger partial charge on any atom is -0.481 e. The SMILES string of the molecule is NC(=O)c1cccc2c1c1c(n2Cc2ccc(F)cc2F)C(CC(=O)O)=NCC1=O. The molecule has 1 aliphatic heterocycles. The van der Waals surface area contributed by atoms with E-state index >= 15 is 0 Å². The maximum absolute atomic E-state index is 14.3. The number of amides is 1. The number of halogens is 2. The first-order valence-corrected chi connectivity index (χ1v) is 8.95. The monoisotopic (exact) mass is 411 g/mol. The number of carbonyl (C=O) groups is 3. The number of aromatic nitrogens is 1. The summed E-state index contributed by atoms with van der Waals surface area (Å²) in [6.07, 6.45) is -0.464. The lowest BCUT2D eigenvalue weighted by atomic mass is 9.96. The number of hydrogen-bond acceptors (Lipinski definition) is 4. The third-order valence-electron chi connectivity index (χ3n) is 4.98. The summed E-state index contributed by atoms with van der Waals surface area (Å²) in [5.41, 5.74) is 6.55. The molecule has 1 aromatic heterocycles. The molecule has 9 heteroatoms. The van der Waals surface area contributed by atoms with Crippen LogP contribution in [0.2, 0.25) is 0 Å². The van der Waals surface area contributed by atoms with Crippen LogP contribution in [0.4, 0.5) is 8.78 Å². The van der Waals surface area contributed by atoms with Crippen molar-refractivity contribution in [1.82, 2.24) is 4.57 Å². The van der Waals surface area contributed by atoms with Crippen LogP contribution in [-0.4, -0.2) is 39.6 Å². The van der Waals surface area contributed by atoms with E-state index in [0.29, 0.717) is 5.52 Å². The van der Waals surface area contributed by atoms with Gasteiger partial charge in [0, 0.05) is 22.6 Å². The number of aliphatic imine (C=N–C) groups is 1. The van der Waals surface area contributed by atoms with Gasteiger partial charge in [0.1, 0.15) is 18.2 Å². The fraction of sp³-hybridized carbons (Fsp3) is 0.143. The molecule has 0 spiro atoms. The zero-order valence-electron chi connectivity index (χ0n) is 15.5. The number of carbonyl (C=O) groups excluding carboxylic acids is 2. The number of nitrogens with two attached hydrogens (primary N) is 1. The van der Waals surface area contributed by atoms with Crippen LogP contribution in [0, 0.1) is 11.6 Å². The highest BCUT2D eigenvalue weighted by atomic mass is 19.1. The van der Waals surface area contributed by atoms with Crippen LogP contribution in [-0.2, 0) is 11.3 Å². The molecule has 2 aromatic carbocycles. The average Bonchev–Trinajstić information content (AvgIpc) is 3.01. The summed E-state index contributed by atoms with van der Waals surface area (Å²) in [4.78, 5) is 40.2. The van der Waals surface area contributed by atoms with Gasteiger partial charge >= 0.3 is 5.97 Å². The Hall–Kier alpha value is -3.88. The summed E-state index contributed by atoms with van der Waals surface area (Å²) < 4.78 is 29.2. The van der Waals surface area contributed by atoms with E-state index in [-0.39, 0.29) is 46.6 Å². The van der Waals surface area contributed by atoms with Crippen molar-refractivity contribution in [2.45, 2.75) is 13.0 Å². The highest BCUT2D eigenvalue weighted by Crippen LogP contribution is 2.34. The standard InChI is InChI=1S/C21H15F2N3O4/c22-11-5-4-10(13(23)6-11)9-26-15-3-1-2-12(21(24)30)18(15)19-16(27)8-25-14(20(19)26)7-17(28)29/h1-6H,7-9H2,(H2,24,30)(H,28,29). The van der Waals surface area contributed by atoms with E-state index in [1.807, 2.05) is 0 Å². The Morgan fingerprint density at radius 3 is 2.63 bits per heavy atom. The molecule has 0 unspecified atom stereocenters. The van der Waals surface area contributed by atoms with E-state index in [2.05, 4.69) is 4.99 Å². The molecular weight excluding hydrogens is 396 g/mol. The van der Waals surface area contributed by atoms with Crippen LogP contribution in [0.1, 0.15) is 38.4 Å². The lowest BCUT2D eigenvalue weighted by Crippen LogP contribution is -2.24. The van der Waals surface area contributed by atoms with Gasteiger partial charge in [0.15, 0.2) is 5.78 Å². The van der Waals surface area contributed by atoms with Crippen molar-refractivity contribution in [3.63, 3.8) is 0 Å². The Bertz CT molecular complexity index is 1280. The van der Waals surface area contributed by atoms with Gasteiger partial charge in [0.2, 0.25) is 5.91 Å². The van der Waals surface area contributed by atoms with E-state index in [4.69, 9.17) is 5.73 Å². The number of primary amides is 1. The maximum atomic E-state index is 14.3. The molecule has 0 fully saturated rings. The predicted octanol–water partition coefficient (Wildman–Crippen LogP) is 2.53. The second-order valence-corrected chi connectivity index (χ2v) is 6.87. The molecule has 7 nitrogen and oxygen atoms in total. The first kappa shape index (κ1) is 19.4. The molecule has 0 aliphatic carbocycles. The molecule has 0 radical (unpaired) electrons. The van der Waals surface area contributed by atoms with Gasteiger partial charge in [0.25, 0.3) is 0 Å². The number of ketones is 1. The van der Waals surface area contributed by atoms with E-state index < -0.39 is 35.7 Å². The van der Waals surface area contributed by atoms with Gasteiger partial charge in [0.05, 0.1) is 35.5 Å². The van der Waals surface area contributed by atoms with Crippen molar-refractivity contribution in [1.29, 1.82) is 0 Å².